The first-order valence-electron chi connectivity index (χ1n) is 2.60. The molecule has 0 aliphatic heterocycles. The summed E-state index contributed by atoms with van der Waals surface area (Å²) >= 11 is 0. The van der Waals surface area contributed by atoms with Crippen LogP contribution in [-0.4, -0.2) is 26.4 Å². The molecular formula is C4H6N4O2. The lowest BCUT2D eigenvalue weighted by Gasteiger charge is -1.93. The molecule has 6 nitrogen and oxygen atoms in total. The van der Waals surface area contributed by atoms with E-state index in [1.807, 2.05) is 0 Å². The molecule has 6 heteroatoms. The normalized spacial score (nSPS) is 9.20. The van der Waals surface area contributed by atoms with E-state index in [0.717, 1.165) is 0 Å². The van der Waals surface area contributed by atoms with Gasteiger partial charge in [-0.05, 0) is 0 Å². The predicted molar refractivity (Wildman–Crippen MR) is 31.2 cm³/mol. The number of hydrogen-bond donors (Lipinski definition) is 3. The number of aromatic amines is 1. The zero-order chi connectivity index (χ0) is 7.40. The first kappa shape index (κ1) is 6.53. The number of amides is 1. The van der Waals surface area contributed by atoms with Crippen LogP contribution in [-0.2, 0) is 6.54 Å². The summed E-state index contributed by atoms with van der Waals surface area (Å²) < 4.78 is 0. The number of hydrogen-bond acceptors (Lipinski definition) is 3. The van der Waals surface area contributed by atoms with Crippen molar-refractivity contribution in [2.45, 2.75) is 6.54 Å². The molecule has 54 valence electrons. The lowest BCUT2D eigenvalue weighted by molar-refractivity contribution is 0.193. The molecule has 0 bridgehead atoms. The molecule has 0 atom stereocenters. The van der Waals surface area contributed by atoms with E-state index in [9.17, 15) is 4.79 Å². The van der Waals surface area contributed by atoms with Crippen molar-refractivity contribution in [3.05, 3.63) is 12.2 Å². The molecule has 1 heterocycles. The molecule has 0 spiro atoms. The Kier molecular flexibility index (Phi) is 1.83. The Morgan fingerprint density at radius 1 is 1.90 bits per heavy atom. The lowest BCUT2D eigenvalue weighted by atomic mass is 10.6. The van der Waals surface area contributed by atoms with E-state index in [-0.39, 0.29) is 6.54 Å². The number of aromatic nitrogens is 3. The quantitative estimate of drug-likeness (QED) is 0.522. The summed E-state index contributed by atoms with van der Waals surface area (Å²) in [6.45, 7) is 0.162. The van der Waals surface area contributed by atoms with Gasteiger partial charge >= 0.3 is 6.09 Å². The largest absolute Gasteiger partial charge is 0.465 e. The Morgan fingerprint density at radius 2 is 2.70 bits per heavy atom. The Balaban J connectivity index is 2.35. The van der Waals surface area contributed by atoms with Crippen LogP contribution in [0.15, 0.2) is 6.33 Å². The lowest BCUT2D eigenvalue weighted by Crippen LogP contribution is -2.20. The SMILES string of the molecule is O=C(O)NCc1ncn[nH]1. The maximum Gasteiger partial charge on any atom is 0.405 e. The Morgan fingerprint density at radius 3 is 3.20 bits per heavy atom. The van der Waals surface area contributed by atoms with Gasteiger partial charge in [-0.1, -0.05) is 0 Å². The monoisotopic (exact) mass is 142 g/mol. The molecule has 0 aliphatic rings. The van der Waals surface area contributed by atoms with Gasteiger partial charge in [0.1, 0.15) is 12.2 Å². The summed E-state index contributed by atoms with van der Waals surface area (Å²) in [7, 11) is 0. The summed E-state index contributed by atoms with van der Waals surface area (Å²) in [5.41, 5.74) is 0. The number of rotatable bonds is 2. The van der Waals surface area contributed by atoms with Crippen molar-refractivity contribution in [3.8, 4) is 0 Å². The van der Waals surface area contributed by atoms with Crippen molar-refractivity contribution in [1.29, 1.82) is 0 Å². The Labute approximate surface area is 56.3 Å². The molecule has 1 aromatic rings. The second-order valence-corrected chi connectivity index (χ2v) is 1.59. The minimum absolute atomic E-state index is 0.162. The third-order valence-corrected chi connectivity index (χ3v) is 0.872. The number of carbonyl (C=O) groups is 1. The molecule has 0 unspecified atom stereocenters. The summed E-state index contributed by atoms with van der Waals surface area (Å²) in [4.78, 5) is 13.6. The van der Waals surface area contributed by atoms with Gasteiger partial charge in [0.05, 0.1) is 6.54 Å². The zero-order valence-electron chi connectivity index (χ0n) is 5.03. The molecule has 0 saturated heterocycles. The Hall–Kier alpha value is -1.59. The molecule has 0 radical (unpaired) electrons. The molecule has 0 aliphatic carbocycles. The highest BCUT2D eigenvalue weighted by Gasteiger charge is 1.96. The molecule has 1 rings (SSSR count). The van der Waals surface area contributed by atoms with Crippen LogP contribution in [0, 0.1) is 0 Å². The van der Waals surface area contributed by atoms with Crippen LogP contribution in [0.25, 0.3) is 0 Å². The zero-order valence-corrected chi connectivity index (χ0v) is 5.03. The predicted octanol–water partition coefficient (Wildman–Crippen LogP) is -0.428. The number of nitrogens with one attached hydrogen (secondary N) is 2. The van der Waals surface area contributed by atoms with Crippen LogP contribution in [0.1, 0.15) is 5.82 Å². The van der Waals surface area contributed by atoms with Gasteiger partial charge in [0, 0.05) is 0 Å². The van der Waals surface area contributed by atoms with E-state index < -0.39 is 6.09 Å². The van der Waals surface area contributed by atoms with Crippen molar-refractivity contribution in [3.63, 3.8) is 0 Å². The van der Waals surface area contributed by atoms with Gasteiger partial charge in [-0.3, -0.25) is 5.10 Å². The first-order chi connectivity index (χ1) is 4.79. The highest BCUT2D eigenvalue weighted by atomic mass is 16.4. The number of nitrogens with zero attached hydrogens (tertiary/aromatic N) is 2. The van der Waals surface area contributed by atoms with E-state index in [1.54, 1.807) is 0 Å². The van der Waals surface area contributed by atoms with Gasteiger partial charge in [0.15, 0.2) is 0 Å². The van der Waals surface area contributed by atoms with Crippen LogP contribution >= 0.6 is 0 Å². The molecule has 0 aromatic carbocycles. The molecule has 3 N–H and O–H groups in total. The number of carboxylic acid groups (broad SMARTS) is 1. The highest BCUT2D eigenvalue weighted by molar-refractivity contribution is 5.64. The van der Waals surface area contributed by atoms with E-state index in [2.05, 4.69) is 20.5 Å². The van der Waals surface area contributed by atoms with Crippen LogP contribution in [0.4, 0.5) is 4.79 Å². The molecule has 0 saturated carbocycles. The summed E-state index contributed by atoms with van der Waals surface area (Å²) in [6, 6.07) is 0. The van der Waals surface area contributed by atoms with Crippen LogP contribution in [0.5, 0.6) is 0 Å². The molecule has 1 amide bonds. The van der Waals surface area contributed by atoms with Gasteiger partial charge in [0.2, 0.25) is 0 Å². The fourth-order valence-electron chi connectivity index (χ4n) is 0.475. The summed E-state index contributed by atoms with van der Waals surface area (Å²) in [6.07, 6.45) is 0.246. The minimum atomic E-state index is -1.07. The Bertz CT molecular complexity index is 207. The first-order valence-corrected chi connectivity index (χ1v) is 2.60. The smallest absolute Gasteiger partial charge is 0.405 e. The second kappa shape index (κ2) is 2.81. The van der Waals surface area contributed by atoms with Crippen LogP contribution < -0.4 is 5.32 Å². The van der Waals surface area contributed by atoms with Gasteiger partial charge in [-0.2, -0.15) is 5.10 Å². The second-order valence-electron chi connectivity index (χ2n) is 1.59. The minimum Gasteiger partial charge on any atom is -0.465 e. The van der Waals surface area contributed by atoms with Gasteiger partial charge in [0.25, 0.3) is 0 Å². The van der Waals surface area contributed by atoms with E-state index in [4.69, 9.17) is 5.11 Å². The fraction of sp³-hybridized carbons (Fsp3) is 0.250. The van der Waals surface area contributed by atoms with Crippen molar-refractivity contribution < 1.29 is 9.90 Å². The van der Waals surface area contributed by atoms with E-state index >= 15 is 0 Å². The number of H-pyrrole nitrogens is 1. The molecule has 10 heavy (non-hydrogen) atoms. The van der Waals surface area contributed by atoms with E-state index in [0.29, 0.717) is 5.82 Å². The average Bonchev–Trinajstić information content (AvgIpc) is 2.34. The maximum absolute atomic E-state index is 9.92. The highest BCUT2D eigenvalue weighted by Crippen LogP contribution is 1.81. The van der Waals surface area contributed by atoms with Crippen molar-refractivity contribution in [2.75, 3.05) is 0 Å². The third kappa shape index (κ3) is 1.73. The van der Waals surface area contributed by atoms with Crippen LogP contribution in [0.2, 0.25) is 0 Å². The fourth-order valence-corrected chi connectivity index (χ4v) is 0.475. The van der Waals surface area contributed by atoms with Gasteiger partial charge < -0.3 is 10.4 Å². The summed E-state index contributed by atoms with van der Waals surface area (Å²) in [5.74, 6) is 0.502. The standard InChI is InChI=1S/C4H6N4O2/c9-4(10)5-1-3-6-2-7-8-3/h2,5H,1H2,(H,9,10)(H,6,7,8). The van der Waals surface area contributed by atoms with Crippen molar-refractivity contribution in [2.24, 2.45) is 0 Å². The van der Waals surface area contributed by atoms with E-state index in [1.165, 1.54) is 6.33 Å². The summed E-state index contributed by atoms with van der Waals surface area (Å²) in [5, 5.41) is 16.3. The average molecular weight is 142 g/mol. The maximum atomic E-state index is 9.92. The van der Waals surface area contributed by atoms with Gasteiger partial charge in [-0.25, -0.2) is 9.78 Å². The van der Waals surface area contributed by atoms with Gasteiger partial charge in [-0.15, -0.1) is 0 Å². The molecule has 1 aromatic heterocycles. The van der Waals surface area contributed by atoms with Crippen molar-refractivity contribution >= 4 is 6.09 Å². The molecular weight excluding hydrogens is 136 g/mol. The van der Waals surface area contributed by atoms with Crippen LogP contribution in [0.3, 0.4) is 0 Å². The third-order valence-electron chi connectivity index (χ3n) is 0.872. The topological polar surface area (TPSA) is 90.9 Å². The van der Waals surface area contributed by atoms with Crippen molar-refractivity contribution in [1.82, 2.24) is 20.5 Å². The molecule has 0 fully saturated rings.